The van der Waals surface area contributed by atoms with Crippen LogP contribution in [0.5, 0.6) is 0 Å². The number of rotatable bonds is 4. The van der Waals surface area contributed by atoms with Gasteiger partial charge in [0.25, 0.3) is 0 Å². The van der Waals surface area contributed by atoms with E-state index in [2.05, 4.69) is 31.7 Å². The zero-order valence-electron chi connectivity index (χ0n) is 19.4. The van der Waals surface area contributed by atoms with E-state index in [0.717, 1.165) is 17.7 Å². The molecular weight excluding hydrogens is 422 g/mol. The standard InChI is InChI=1S/C25H33N3O3S/c1-19(24(29)28-14-13-20-7-5-6-8-23(20)28)26-15-17-27(18-16-26)32(30,31)22-11-9-21(10-12-22)25(2,3)4/h5-12,19H,13-18H2,1-4H3. The number of hydrogen-bond acceptors (Lipinski definition) is 4. The summed E-state index contributed by atoms with van der Waals surface area (Å²) < 4.78 is 27.8. The van der Waals surface area contributed by atoms with Crippen molar-refractivity contribution >= 4 is 21.6 Å². The molecule has 0 N–H and O–H groups in total. The molecule has 32 heavy (non-hydrogen) atoms. The number of nitrogens with zero attached hydrogens (tertiary/aromatic N) is 3. The minimum Gasteiger partial charge on any atom is -0.310 e. The molecule has 1 amide bonds. The number of piperazine rings is 1. The molecule has 1 saturated heterocycles. The van der Waals surface area contributed by atoms with E-state index in [0.29, 0.717) is 37.6 Å². The summed E-state index contributed by atoms with van der Waals surface area (Å²) in [6.07, 6.45) is 0.884. The number of amides is 1. The fourth-order valence-corrected chi connectivity index (χ4v) is 5.98. The number of carbonyl (C=O) groups excluding carboxylic acids is 1. The smallest absolute Gasteiger partial charge is 0.244 e. The Labute approximate surface area is 191 Å². The quantitative estimate of drug-likeness (QED) is 0.710. The summed E-state index contributed by atoms with van der Waals surface area (Å²) in [4.78, 5) is 17.5. The summed E-state index contributed by atoms with van der Waals surface area (Å²) in [6.45, 7) is 10.8. The molecule has 2 aliphatic rings. The largest absolute Gasteiger partial charge is 0.310 e. The number of hydrogen-bond donors (Lipinski definition) is 0. The second-order valence-electron chi connectivity index (χ2n) is 9.76. The van der Waals surface area contributed by atoms with Gasteiger partial charge in [0.2, 0.25) is 15.9 Å². The molecule has 1 atom stereocenters. The van der Waals surface area contributed by atoms with Gasteiger partial charge in [0, 0.05) is 38.4 Å². The van der Waals surface area contributed by atoms with Gasteiger partial charge in [-0.15, -0.1) is 0 Å². The lowest BCUT2D eigenvalue weighted by Gasteiger charge is -2.38. The number of fused-ring (bicyclic) bond motifs is 1. The Kier molecular flexibility index (Phi) is 6.18. The van der Waals surface area contributed by atoms with Crippen LogP contribution >= 0.6 is 0 Å². The first-order chi connectivity index (χ1) is 15.1. The van der Waals surface area contributed by atoms with Gasteiger partial charge in [0.05, 0.1) is 10.9 Å². The van der Waals surface area contributed by atoms with Crippen LogP contribution in [0.4, 0.5) is 5.69 Å². The second-order valence-corrected chi connectivity index (χ2v) is 11.7. The summed E-state index contributed by atoms with van der Waals surface area (Å²) in [6, 6.07) is 15.0. The number of anilines is 1. The van der Waals surface area contributed by atoms with Crippen LogP contribution < -0.4 is 4.90 Å². The van der Waals surface area contributed by atoms with Gasteiger partial charge in [-0.2, -0.15) is 4.31 Å². The molecule has 0 spiro atoms. The van der Waals surface area contributed by atoms with E-state index in [1.807, 2.05) is 42.2 Å². The van der Waals surface area contributed by atoms with Gasteiger partial charge in [-0.25, -0.2) is 8.42 Å². The third-order valence-electron chi connectivity index (χ3n) is 6.69. The molecular formula is C25H33N3O3S. The minimum atomic E-state index is -3.54. The minimum absolute atomic E-state index is 0.0214. The Morgan fingerprint density at radius 3 is 2.16 bits per heavy atom. The Morgan fingerprint density at radius 2 is 1.53 bits per heavy atom. The van der Waals surface area contributed by atoms with Crippen LogP contribution in [0.15, 0.2) is 53.4 Å². The van der Waals surface area contributed by atoms with Gasteiger partial charge in [0.15, 0.2) is 0 Å². The maximum atomic E-state index is 13.2. The highest BCUT2D eigenvalue weighted by Crippen LogP contribution is 2.29. The molecule has 0 saturated carbocycles. The third kappa shape index (κ3) is 4.34. The zero-order chi connectivity index (χ0) is 23.1. The lowest BCUT2D eigenvalue weighted by molar-refractivity contribution is -0.123. The fraction of sp³-hybridized carbons (Fsp3) is 0.480. The average molecular weight is 456 g/mol. The molecule has 7 heteroatoms. The van der Waals surface area contributed by atoms with E-state index in [-0.39, 0.29) is 17.4 Å². The van der Waals surface area contributed by atoms with Gasteiger partial charge < -0.3 is 4.90 Å². The third-order valence-corrected chi connectivity index (χ3v) is 8.60. The van der Waals surface area contributed by atoms with Gasteiger partial charge >= 0.3 is 0 Å². The lowest BCUT2D eigenvalue weighted by atomic mass is 9.87. The molecule has 0 aromatic heterocycles. The molecule has 6 nitrogen and oxygen atoms in total. The monoisotopic (exact) mass is 455 g/mol. The van der Waals surface area contributed by atoms with Crippen LogP contribution in [0.3, 0.4) is 0 Å². The fourth-order valence-electron chi connectivity index (χ4n) is 4.56. The first-order valence-corrected chi connectivity index (χ1v) is 12.8. The predicted molar refractivity (Wildman–Crippen MR) is 127 cm³/mol. The number of carbonyl (C=O) groups is 1. The number of benzene rings is 2. The summed E-state index contributed by atoms with van der Waals surface area (Å²) in [5, 5.41) is 0. The van der Waals surface area contributed by atoms with Crippen LogP contribution in [0.1, 0.15) is 38.8 Å². The van der Waals surface area contributed by atoms with E-state index in [9.17, 15) is 13.2 Å². The van der Waals surface area contributed by atoms with Crippen LogP contribution in [0.2, 0.25) is 0 Å². The first-order valence-electron chi connectivity index (χ1n) is 11.3. The molecule has 1 unspecified atom stereocenters. The summed E-state index contributed by atoms with van der Waals surface area (Å²) in [7, 11) is -3.54. The maximum absolute atomic E-state index is 13.2. The summed E-state index contributed by atoms with van der Waals surface area (Å²) in [5.74, 6) is 0.0871. The number of para-hydroxylation sites is 1. The van der Waals surface area contributed by atoms with Crippen LogP contribution in [0, 0.1) is 0 Å². The SMILES string of the molecule is CC(C(=O)N1CCc2ccccc21)N1CCN(S(=O)(=O)c2ccc(C(C)(C)C)cc2)CC1. The Morgan fingerprint density at radius 1 is 0.906 bits per heavy atom. The first kappa shape index (κ1) is 23.0. The van der Waals surface area contributed by atoms with Gasteiger partial charge in [-0.3, -0.25) is 9.69 Å². The van der Waals surface area contributed by atoms with E-state index < -0.39 is 10.0 Å². The number of sulfonamides is 1. The van der Waals surface area contributed by atoms with E-state index in [4.69, 9.17) is 0 Å². The average Bonchev–Trinajstić information content (AvgIpc) is 3.22. The second kappa shape index (κ2) is 8.61. The van der Waals surface area contributed by atoms with Crippen molar-refractivity contribution in [1.82, 2.24) is 9.21 Å². The van der Waals surface area contributed by atoms with Crippen molar-refractivity contribution in [2.45, 2.75) is 50.5 Å². The molecule has 1 fully saturated rings. The van der Waals surface area contributed by atoms with E-state index in [1.54, 1.807) is 12.1 Å². The molecule has 2 aromatic rings. The van der Waals surface area contributed by atoms with Crippen molar-refractivity contribution in [3.63, 3.8) is 0 Å². The molecule has 4 rings (SSSR count). The molecule has 0 radical (unpaired) electrons. The molecule has 2 aromatic carbocycles. The van der Waals surface area contributed by atoms with Crippen LogP contribution in [-0.2, 0) is 26.7 Å². The summed E-state index contributed by atoms with van der Waals surface area (Å²) in [5.41, 5.74) is 3.30. The lowest BCUT2D eigenvalue weighted by Crippen LogP contribution is -2.55. The Bertz CT molecular complexity index is 1080. The van der Waals surface area contributed by atoms with Crippen molar-refractivity contribution < 1.29 is 13.2 Å². The van der Waals surface area contributed by atoms with E-state index in [1.165, 1.54) is 9.87 Å². The normalized spacial score (nSPS) is 19.1. The molecule has 0 aliphatic carbocycles. The van der Waals surface area contributed by atoms with Gasteiger partial charge in [0.1, 0.15) is 0 Å². The van der Waals surface area contributed by atoms with E-state index >= 15 is 0 Å². The van der Waals surface area contributed by atoms with Crippen molar-refractivity contribution in [2.75, 3.05) is 37.6 Å². The van der Waals surface area contributed by atoms with Gasteiger partial charge in [-0.1, -0.05) is 51.1 Å². The highest BCUT2D eigenvalue weighted by molar-refractivity contribution is 7.89. The molecule has 0 bridgehead atoms. The van der Waals surface area contributed by atoms with Gasteiger partial charge in [-0.05, 0) is 48.1 Å². The molecule has 2 aliphatic heterocycles. The highest BCUT2D eigenvalue weighted by Gasteiger charge is 2.35. The van der Waals surface area contributed by atoms with Crippen LogP contribution in [-0.4, -0.2) is 62.3 Å². The van der Waals surface area contributed by atoms with Crippen molar-refractivity contribution in [2.24, 2.45) is 0 Å². The van der Waals surface area contributed by atoms with Crippen molar-refractivity contribution in [3.05, 3.63) is 59.7 Å². The van der Waals surface area contributed by atoms with Crippen LogP contribution in [0.25, 0.3) is 0 Å². The zero-order valence-corrected chi connectivity index (χ0v) is 20.2. The molecule has 2 heterocycles. The predicted octanol–water partition coefficient (Wildman–Crippen LogP) is 3.27. The Hall–Kier alpha value is -2.22. The maximum Gasteiger partial charge on any atom is 0.244 e. The topological polar surface area (TPSA) is 60.9 Å². The molecule has 172 valence electrons. The highest BCUT2D eigenvalue weighted by atomic mass is 32.2. The summed E-state index contributed by atoms with van der Waals surface area (Å²) >= 11 is 0. The van der Waals surface area contributed by atoms with Crippen molar-refractivity contribution in [3.8, 4) is 0 Å². The Balaban J connectivity index is 1.40. The van der Waals surface area contributed by atoms with Crippen molar-refractivity contribution in [1.29, 1.82) is 0 Å².